The smallest absolute Gasteiger partial charge is 0.0873 e. The Morgan fingerprint density at radius 3 is 3.00 bits per heavy atom. The molecule has 3 heteroatoms. The lowest BCUT2D eigenvalue weighted by Gasteiger charge is -2.01. The van der Waals surface area contributed by atoms with Crippen molar-refractivity contribution in [1.29, 1.82) is 0 Å². The molecular weight excluding hydrogens is 186 g/mol. The molecule has 0 aromatic heterocycles. The second kappa shape index (κ2) is 4.00. The Labute approximate surface area is 89.0 Å². The molecule has 1 aliphatic rings. The van der Waals surface area contributed by atoms with Gasteiger partial charge in [0.1, 0.15) is 0 Å². The first-order chi connectivity index (χ1) is 7.31. The second-order valence-electron chi connectivity index (χ2n) is 3.35. The highest BCUT2D eigenvalue weighted by Gasteiger charge is 2.08. The Bertz CT molecular complexity index is 444. The molecular formula is C12H13N3. The van der Waals surface area contributed by atoms with E-state index in [0.717, 1.165) is 17.0 Å². The average Bonchev–Trinajstić information content (AvgIpc) is 2.40. The van der Waals surface area contributed by atoms with Crippen molar-refractivity contribution >= 4 is 17.5 Å². The van der Waals surface area contributed by atoms with Crippen molar-refractivity contribution in [2.24, 2.45) is 10.8 Å². The van der Waals surface area contributed by atoms with Crippen molar-refractivity contribution in [3.05, 3.63) is 48.2 Å². The van der Waals surface area contributed by atoms with Gasteiger partial charge in [0.05, 0.1) is 17.1 Å². The molecule has 0 amide bonds. The quantitative estimate of drug-likeness (QED) is 0.718. The van der Waals surface area contributed by atoms with Gasteiger partial charge in [0.25, 0.3) is 0 Å². The third-order valence-corrected chi connectivity index (χ3v) is 2.25. The van der Waals surface area contributed by atoms with Crippen LogP contribution in [0.4, 0.5) is 5.69 Å². The molecule has 0 radical (unpaired) electrons. The fourth-order valence-electron chi connectivity index (χ4n) is 1.47. The van der Waals surface area contributed by atoms with Crippen molar-refractivity contribution < 1.29 is 0 Å². The summed E-state index contributed by atoms with van der Waals surface area (Å²) in [7, 11) is 0. The SMILES string of the molecule is C=CCC1=NNc2ccccc2C=C1N. The van der Waals surface area contributed by atoms with Gasteiger partial charge in [-0.15, -0.1) is 6.58 Å². The van der Waals surface area contributed by atoms with Gasteiger partial charge in [0.2, 0.25) is 0 Å². The van der Waals surface area contributed by atoms with E-state index < -0.39 is 0 Å². The summed E-state index contributed by atoms with van der Waals surface area (Å²) >= 11 is 0. The molecule has 2 rings (SSSR count). The van der Waals surface area contributed by atoms with Crippen molar-refractivity contribution in [3.8, 4) is 0 Å². The van der Waals surface area contributed by atoms with Crippen LogP contribution in [0.2, 0.25) is 0 Å². The second-order valence-corrected chi connectivity index (χ2v) is 3.35. The molecule has 1 aliphatic heterocycles. The van der Waals surface area contributed by atoms with Crippen LogP contribution >= 0.6 is 0 Å². The number of fused-ring (bicyclic) bond motifs is 1. The lowest BCUT2D eigenvalue weighted by Crippen LogP contribution is -2.10. The van der Waals surface area contributed by atoms with Crippen molar-refractivity contribution in [2.75, 3.05) is 5.43 Å². The number of nitrogens with zero attached hydrogens (tertiary/aromatic N) is 1. The molecule has 0 fully saturated rings. The fraction of sp³-hybridized carbons (Fsp3) is 0.0833. The maximum atomic E-state index is 5.92. The first kappa shape index (κ1) is 9.52. The highest BCUT2D eigenvalue weighted by Crippen LogP contribution is 2.20. The molecule has 0 aliphatic carbocycles. The Morgan fingerprint density at radius 1 is 1.40 bits per heavy atom. The van der Waals surface area contributed by atoms with Crippen LogP contribution in [0.25, 0.3) is 6.08 Å². The zero-order valence-electron chi connectivity index (χ0n) is 8.40. The van der Waals surface area contributed by atoms with Crippen LogP contribution in [0.1, 0.15) is 12.0 Å². The predicted molar refractivity (Wildman–Crippen MR) is 64.5 cm³/mol. The molecule has 0 saturated heterocycles. The molecule has 1 heterocycles. The zero-order valence-corrected chi connectivity index (χ0v) is 8.40. The summed E-state index contributed by atoms with van der Waals surface area (Å²) in [6.07, 6.45) is 4.39. The van der Waals surface area contributed by atoms with Crippen LogP contribution in [-0.2, 0) is 0 Å². The molecule has 76 valence electrons. The molecule has 0 unspecified atom stereocenters. The summed E-state index contributed by atoms with van der Waals surface area (Å²) in [6, 6.07) is 7.91. The van der Waals surface area contributed by atoms with Crippen molar-refractivity contribution in [2.45, 2.75) is 6.42 Å². The molecule has 15 heavy (non-hydrogen) atoms. The predicted octanol–water partition coefficient (Wildman–Crippen LogP) is 2.34. The average molecular weight is 199 g/mol. The van der Waals surface area contributed by atoms with E-state index in [1.807, 2.05) is 30.3 Å². The third-order valence-electron chi connectivity index (χ3n) is 2.25. The number of hydrogen-bond acceptors (Lipinski definition) is 3. The number of allylic oxidation sites excluding steroid dienone is 2. The minimum absolute atomic E-state index is 0.670. The van der Waals surface area contributed by atoms with Gasteiger partial charge < -0.3 is 5.73 Å². The first-order valence-corrected chi connectivity index (χ1v) is 4.81. The van der Waals surface area contributed by atoms with Crippen LogP contribution in [0.15, 0.2) is 47.7 Å². The highest BCUT2D eigenvalue weighted by molar-refractivity contribution is 6.05. The van der Waals surface area contributed by atoms with Gasteiger partial charge in [0, 0.05) is 12.0 Å². The number of anilines is 1. The van der Waals surface area contributed by atoms with E-state index in [2.05, 4.69) is 17.1 Å². The number of nitrogens with two attached hydrogens (primary N) is 1. The van der Waals surface area contributed by atoms with E-state index in [1.54, 1.807) is 6.08 Å². The number of rotatable bonds is 2. The third kappa shape index (κ3) is 1.91. The maximum absolute atomic E-state index is 5.92. The minimum Gasteiger partial charge on any atom is -0.397 e. The highest BCUT2D eigenvalue weighted by atomic mass is 15.3. The minimum atomic E-state index is 0.670. The molecule has 0 saturated carbocycles. The Morgan fingerprint density at radius 2 is 2.20 bits per heavy atom. The van der Waals surface area contributed by atoms with Gasteiger partial charge in [-0.2, -0.15) is 5.10 Å². The summed E-state index contributed by atoms with van der Waals surface area (Å²) in [4.78, 5) is 0. The van der Waals surface area contributed by atoms with Crippen LogP contribution in [0.5, 0.6) is 0 Å². The van der Waals surface area contributed by atoms with Crippen molar-refractivity contribution in [1.82, 2.24) is 0 Å². The van der Waals surface area contributed by atoms with Gasteiger partial charge in [0.15, 0.2) is 0 Å². The zero-order chi connectivity index (χ0) is 10.7. The lowest BCUT2D eigenvalue weighted by atomic mass is 10.1. The Balaban J connectivity index is 2.41. The molecule has 1 aromatic rings. The van der Waals surface area contributed by atoms with Crippen LogP contribution in [-0.4, -0.2) is 5.71 Å². The van der Waals surface area contributed by atoms with Gasteiger partial charge in [-0.1, -0.05) is 24.3 Å². The Kier molecular flexibility index (Phi) is 2.54. The molecule has 0 bridgehead atoms. The van der Waals surface area contributed by atoms with Crippen LogP contribution in [0.3, 0.4) is 0 Å². The lowest BCUT2D eigenvalue weighted by molar-refractivity contribution is 1.28. The van der Waals surface area contributed by atoms with E-state index in [1.165, 1.54) is 0 Å². The normalized spacial score (nSPS) is 14.1. The van der Waals surface area contributed by atoms with E-state index in [0.29, 0.717) is 12.1 Å². The van der Waals surface area contributed by atoms with Crippen LogP contribution in [0, 0.1) is 0 Å². The summed E-state index contributed by atoms with van der Waals surface area (Å²) in [5, 5.41) is 4.24. The van der Waals surface area contributed by atoms with Crippen molar-refractivity contribution in [3.63, 3.8) is 0 Å². The molecule has 3 N–H and O–H groups in total. The van der Waals surface area contributed by atoms with Gasteiger partial charge >= 0.3 is 0 Å². The summed E-state index contributed by atoms with van der Waals surface area (Å²) in [5.74, 6) is 0. The summed E-state index contributed by atoms with van der Waals surface area (Å²) < 4.78 is 0. The Hall–Kier alpha value is -2.03. The number of benzene rings is 1. The standard InChI is InChI=1S/C12H13N3/c1-2-5-12-10(13)8-9-6-3-4-7-11(9)14-15-12/h2-4,6-8,14H,1,5,13H2. The molecule has 1 aromatic carbocycles. The number of para-hydroxylation sites is 1. The number of hydrogen-bond donors (Lipinski definition) is 2. The molecule has 3 nitrogen and oxygen atoms in total. The fourth-order valence-corrected chi connectivity index (χ4v) is 1.47. The van der Waals surface area contributed by atoms with Gasteiger partial charge in [-0.3, -0.25) is 5.43 Å². The van der Waals surface area contributed by atoms with Gasteiger partial charge in [-0.05, 0) is 12.1 Å². The van der Waals surface area contributed by atoms with Crippen LogP contribution < -0.4 is 11.2 Å². The monoisotopic (exact) mass is 199 g/mol. The maximum Gasteiger partial charge on any atom is 0.0873 e. The summed E-state index contributed by atoms with van der Waals surface area (Å²) in [5.41, 5.74) is 12.5. The van der Waals surface area contributed by atoms with E-state index in [9.17, 15) is 0 Å². The molecule has 0 spiro atoms. The van der Waals surface area contributed by atoms with E-state index >= 15 is 0 Å². The topological polar surface area (TPSA) is 50.4 Å². The summed E-state index contributed by atoms with van der Waals surface area (Å²) in [6.45, 7) is 3.68. The van der Waals surface area contributed by atoms with E-state index in [4.69, 9.17) is 5.73 Å². The molecule has 0 atom stereocenters. The largest absolute Gasteiger partial charge is 0.397 e. The van der Waals surface area contributed by atoms with Gasteiger partial charge in [-0.25, -0.2) is 0 Å². The first-order valence-electron chi connectivity index (χ1n) is 4.81. The number of hydrazone groups is 1. The number of nitrogens with one attached hydrogen (secondary N) is 1. The van der Waals surface area contributed by atoms with E-state index in [-0.39, 0.29) is 0 Å².